The van der Waals surface area contributed by atoms with E-state index in [1.165, 1.54) is 24.0 Å². The number of rotatable bonds is 6. The van der Waals surface area contributed by atoms with E-state index in [1.807, 2.05) is 12.1 Å². The van der Waals surface area contributed by atoms with Crippen molar-refractivity contribution < 1.29 is 13.2 Å². The number of aryl methyl sites for hydroxylation is 3. The zero-order valence-corrected chi connectivity index (χ0v) is 14.7. The molecule has 0 unspecified atom stereocenters. The molecule has 0 saturated heterocycles. The summed E-state index contributed by atoms with van der Waals surface area (Å²) in [6, 6.07) is 13.1. The molecule has 128 valence electrons. The highest BCUT2D eigenvalue weighted by Gasteiger charge is 2.15. The van der Waals surface area contributed by atoms with Gasteiger partial charge in [0.2, 0.25) is 10.0 Å². The predicted molar refractivity (Wildman–Crippen MR) is 94.9 cm³/mol. The molecule has 4 nitrogen and oxygen atoms in total. The van der Waals surface area contributed by atoms with E-state index in [0.717, 1.165) is 24.2 Å². The Bertz CT molecular complexity index is 815. The average Bonchev–Trinajstić information content (AvgIpc) is 2.59. The van der Waals surface area contributed by atoms with Gasteiger partial charge in [-0.1, -0.05) is 24.3 Å². The third-order valence-corrected chi connectivity index (χ3v) is 5.99. The smallest absolute Gasteiger partial charge is 0.240 e. The maximum atomic E-state index is 12.3. The van der Waals surface area contributed by atoms with Gasteiger partial charge >= 0.3 is 0 Å². The van der Waals surface area contributed by atoms with Gasteiger partial charge in [0.25, 0.3) is 0 Å². The van der Waals surface area contributed by atoms with Crippen LogP contribution in [0.5, 0.6) is 5.75 Å². The summed E-state index contributed by atoms with van der Waals surface area (Å²) in [7, 11) is -3.49. The number of benzene rings is 2. The van der Waals surface area contributed by atoms with Gasteiger partial charge in [0.05, 0.1) is 4.90 Å². The highest BCUT2D eigenvalue weighted by atomic mass is 32.2. The quantitative estimate of drug-likeness (QED) is 0.818. The number of hydrogen-bond donors (Lipinski definition) is 1. The van der Waals surface area contributed by atoms with Gasteiger partial charge in [0.15, 0.2) is 0 Å². The van der Waals surface area contributed by atoms with Crippen LogP contribution >= 0.6 is 0 Å². The van der Waals surface area contributed by atoms with Crippen LogP contribution in [-0.2, 0) is 22.9 Å². The molecule has 0 aliphatic heterocycles. The molecule has 24 heavy (non-hydrogen) atoms. The Balaban J connectivity index is 1.55. The second-order valence-corrected chi connectivity index (χ2v) is 7.88. The van der Waals surface area contributed by atoms with Crippen molar-refractivity contribution in [2.24, 2.45) is 0 Å². The first-order chi connectivity index (χ1) is 11.6. The molecular formula is C19H23NO3S. The van der Waals surface area contributed by atoms with Crippen molar-refractivity contribution in [1.82, 2.24) is 4.72 Å². The zero-order valence-electron chi connectivity index (χ0n) is 13.9. The molecule has 1 N–H and O–H groups in total. The lowest BCUT2D eigenvalue weighted by atomic mass is 9.92. The zero-order chi connectivity index (χ0) is 17.0. The van der Waals surface area contributed by atoms with Gasteiger partial charge in [-0.05, 0) is 67.5 Å². The molecule has 0 heterocycles. The molecule has 1 aliphatic rings. The van der Waals surface area contributed by atoms with Gasteiger partial charge in [-0.2, -0.15) is 0 Å². The summed E-state index contributed by atoms with van der Waals surface area (Å²) < 4.78 is 32.9. The lowest BCUT2D eigenvalue weighted by molar-refractivity contribution is 0.322. The van der Waals surface area contributed by atoms with Crippen molar-refractivity contribution >= 4 is 10.0 Å². The predicted octanol–water partition coefficient (Wildman–Crippen LogP) is 3.23. The van der Waals surface area contributed by atoms with E-state index in [4.69, 9.17) is 4.74 Å². The van der Waals surface area contributed by atoms with Crippen LogP contribution in [0.25, 0.3) is 0 Å². The van der Waals surface area contributed by atoms with Crippen molar-refractivity contribution in [2.45, 2.75) is 37.5 Å². The topological polar surface area (TPSA) is 55.4 Å². The Morgan fingerprint density at radius 3 is 2.58 bits per heavy atom. The van der Waals surface area contributed by atoms with Crippen LogP contribution in [0.1, 0.15) is 29.5 Å². The van der Waals surface area contributed by atoms with Crippen LogP contribution in [0.15, 0.2) is 47.4 Å². The molecule has 0 bridgehead atoms. The first-order valence-corrected chi connectivity index (χ1v) is 9.84. The van der Waals surface area contributed by atoms with E-state index >= 15 is 0 Å². The summed E-state index contributed by atoms with van der Waals surface area (Å²) in [5, 5.41) is 0. The fourth-order valence-electron chi connectivity index (χ4n) is 3.08. The third kappa shape index (κ3) is 3.97. The fourth-order valence-corrected chi connectivity index (χ4v) is 4.34. The maximum Gasteiger partial charge on any atom is 0.240 e. The Labute approximate surface area is 143 Å². The minimum absolute atomic E-state index is 0.244. The van der Waals surface area contributed by atoms with E-state index in [2.05, 4.69) is 16.9 Å². The third-order valence-electron chi connectivity index (χ3n) is 4.37. The molecule has 0 saturated carbocycles. The Hall–Kier alpha value is -1.85. The first-order valence-electron chi connectivity index (χ1n) is 8.36. The van der Waals surface area contributed by atoms with Crippen LogP contribution in [0.3, 0.4) is 0 Å². The molecule has 0 amide bonds. The van der Waals surface area contributed by atoms with Crippen molar-refractivity contribution in [1.29, 1.82) is 0 Å². The van der Waals surface area contributed by atoms with E-state index in [0.29, 0.717) is 11.5 Å². The van der Waals surface area contributed by atoms with Crippen LogP contribution < -0.4 is 9.46 Å². The monoisotopic (exact) mass is 345 g/mol. The van der Waals surface area contributed by atoms with Gasteiger partial charge in [0, 0.05) is 6.54 Å². The lowest BCUT2D eigenvalue weighted by Gasteiger charge is -2.17. The Morgan fingerprint density at radius 2 is 1.79 bits per heavy atom. The molecule has 3 rings (SSSR count). The summed E-state index contributed by atoms with van der Waals surface area (Å²) in [6.45, 7) is 2.34. The van der Waals surface area contributed by atoms with Gasteiger partial charge in [-0.3, -0.25) is 0 Å². The summed E-state index contributed by atoms with van der Waals surface area (Å²) in [5.41, 5.74) is 3.51. The molecule has 2 aromatic carbocycles. The highest BCUT2D eigenvalue weighted by Crippen LogP contribution is 2.25. The fraction of sp³-hybridized carbons (Fsp3) is 0.368. The summed E-state index contributed by atoms with van der Waals surface area (Å²) in [6.07, 6.45) is 4.73. The largest absolute Gasteiger partial charge is 0.492 e. The minimum Gasteiger partial charge on any atom is -0.492 e. The van der Waals surface area contributed by atoms with E-state index < -0.39 is 10.0 Å². The molecule has 0 radical (unpaired) electrons. The molecule has 0 spiro atoms. The van der Waals surface area contributed by atoms with Gasteiger partial charge in [-0.25, -0.2) is 13.1 Å². The van der Waals surface area contributed by atoms with E-state index in [9.17, 15) is 8.42 Å². The normalized spacial score (nSPS) is 14.2. The Kier molecular flexibility index (Phi) is 5.21. The summed E-state index contributed by atoms with van der Waals surface area (Å²) >= 11 is 0. The number of nitrogens with one attached hydrogen (secondary N) is 1. The Morgan fingerprint density at radius 1 is 1.04 bits per heavy atom. The number of hydrogen-bond acceptors (Lipinski definition) is 3. The molecule has 0 fully saturated rings. The number of sulfonamides is 1. The van der Waals surface area contributed by atoms with Crippen molar-refractivity contribution in [3.8, 4) is 5.75 Å². The van der Waals surface area contributed by atoms with Crippen LogP contribution in [0.4, 0.5) is 0 Å². The number of fused-ring (bicyclic) bond motifs is 1. The average molecular weight is 345 g/mol. The minimum atomic E-state index is -3.49. The lowest BCUT2D eigenvalue weighted by Crippen LogP contribution is -2.28. The van der Waals surface area contributed by atoms with E-state index in [1.54, 1.807) is 25.1 Å². The SMILES string of the molecule is Cc1ccccc1S(=O)(=O)NCCOc1ccc2c(c1)CCCC2. The van der Waals surface area contributed by atoms with Crippen LogP contribution in [0.2, 0.25) is 0 Å². The molecule has 5 heteroatoms. The van der Waals surface area contributed by atoms with Crippen LogP contribution in [-0.4, -0.2) is 21.6 Å². The second-order valence-electron chi connectivity index (χ2n) is 6.15. The van der Waals surface area contributed by atoms with Crippen molar-refractivity contribution in [3.05, 3.63) is 59.2 Å². The molecule has 2 aromatic rings. The molecule has 0 atom stereocenters. The molecule has 0 aromatic heterocycles. The van der Waals surface area contributed by atoms with Gasteiger partial charge < -0.3 is 4.74 Å². The van der Waals surface area contributed by atoms with E-state index in [-0.39, 0.29) is 6.54 Å². The first kappa shape index (κ1) is 17.0. The van der Waals surface area contributed by atoms with Crippen molar-refractivity contribution in [2.75, 3.05) is 13.2 Å². The van der Waals surface area contributed by atoms with Gasteiger partial charge in [-0.15, -0.1) is 0 Å². The maximum absolute atomic E-state index is 12.3. The van der Waals surface area contributed by atoms with Crippen molar-refractivity contribution in [3.63, 3.8) is 0 Å². The molecule has 1 aliphatic carbocycles. The summed E-state index contributed by atoms with van der Waals surface area (Å²) in [5.74, 6) is 0.811. The standard InChI is InChI=1S/C19H23NO3S/c1-15-6-2-5-9-19(15)24(21,22)20-12-13-23-18-11-10-16-7-3-4-8-17(16)14-18/h2,5-6,9-11,14,20H,3-4,7-8,12-13H2,1H3. The van der Waals surface area contributed by atoms with Crippen LogP contribution in [0, 0.1) is 6.92 Å². The summed E-state index contributed by atoms with van der Waals surface area (Å²) in [4.78, 5) is 0.318. The molecular weight excluding hydrogens is 322 g/mol. The second kappa shape index (κ2) is 7.36. The van der Waals surface area contributed by atoms with Gasteiger partial charge in [0.1, 0.15) is 12.4 Å². The highest BCUT2D eigenvalue weighted by molar-refractivity contribution is 7.89. The number of ether oxygens (including phenoxy) is 1.